The summed E-state index contributed by atoms with van der Waals surface area (Å²) in [6.45, 7) is 1.42. The van der Waals surface area contributed by atoms with Crippen molar-refractivity contribution in [2.24, 2.45) is 16.5 Å². The van der Waals surface area contributed by atoms with Crippen LogP contribution in [0.3, 0.4) is 0 Å². The molecule has 0 atom stereocenters. The van der Waals surface area contributed by atoms with E-state index in [0.717, 1.165) is 18.4 Å². The van der Waals surface area contributed by atoms with E-state index in [4.69, 9.17) is 11.5 Å². The number of guanidine groups is 1. The van der Waals surface area contributed by atoms with Gasteiger partial charge in [-0.05, 0) is 18.6 Å². The van der Waals surface area contributed by atoms with Gasteiger partial charge in [-0.3, -0.25) is 14.9 Å². The molecule has 1 amide bonds. The van der Waals surface area contributed by atoms with E-state index in [9.17, 15) is 23.3 Å². The molecule has 0 radical (unpaired) electrons. The molecule has 116 valence electrons. The number of halogens is 1. The number of nitrogens with two attached hydrogens (primary N) is 2. The number of nitro groups is 1. The molecule has 0 saturated carbocycles. The number of aryl methyl sites for hydroxylation is 1. The van der Waals surface area contributed by atoms with Gasteiger partial charge in [-0.1, -0.05) is 0 Å². The predicted octanol–water partition coefficient (Wildman–Crippen LogP) is 0.142. The van der Waals surface area contributed by atoms with Gasteiger partial charge in [0.1, 0.15) is 4.90 Å². The van der Waals surface area contributed by atoms with Crippen molar-refractivity contribution in [1.82, 2.24) is 0 Å². The van der Waals surface area contributed by atoms with Crippen LogP contribution in [0.15, 0.2) is 22.0 Å². The van der Waals surface area contributed by atoms with Gasteiger partial charge in [-0.15, -0.1) is 12.4 Å². The van der Waals surface area contributed by atoms with Crippen LogP contribution in [0.1, 0.15) is 15.9 Å². The molecular weight excluding hydrogens is 324 g/mol. The molecule has 0 aliphatic rings. The topological polar surface area (TPSA) is 159 Å². The lowest BCUT2D eigenvalue weighted by atomic mass is 10.1. The smallest absolute Gasteiger partial charge is 0.288 e. The third kappa shape index (κ3) is 4.39. The first-order valence-electron chi connectivity index (χ1n) is 5.17. The zero-order valence-electron chi connectivity index (χ0n) is 11.1. The number of hydrogen-bond donors (Lipinski definition) is 2. The van der Waals surface area contributed by atoms with E-state index in [1.54, 1.807) is 0 Å². The molecule has 11 heteroatoms. The maximum absolute atomic E-state index is 11.7. The summed E-state index contributed by atoms with van der Waals surface area (Å²) in [5, 5.41) is 10.9. The van der Waals surface area contributed by atoms with E-state index in [1.807, 2.05) is 0 Å². The SMILES string of the molecule is Cc1cc(S(C)(=O)=O)c([N+](=O)[O-])cc1C(=O)N=C(N)N.Cl. The van der Waals surface area contributed by atoms with Crippen molar-refractivity contribution in [1.29, 1.82) is 0 Å². The van der Waals surface area contributed by atoms with Crippen LogP contribution in [0.4, 0.5) is 5.69 Å². The maximum Gasteiger partial charge on any atom is 0.288 e. The molecule has 0 aromatic heterocycles. The van der Waals surface area contributed by atoms with Crippen molar-refractivity contribution in [2.45, 2.75) is 11.8 Å². The molecule has 1 rings (SSSR count). The Kier molecular flexibility index (Phi) is 5.82. The molecule has 21 heavy (non-hydrogen) atoms. The number of carbonyl (C=O) groups is 1. The highest BCUT2D eigenvalue weighted by Crippen LogP contribution is 2.27. The number of carbonyl (C=O) groups excluding carboxylic acids is 1. The second-order valence-corrected chi connectivity index (χ2v) is 5.99. The van der Waals surface area contributed by atoms with Gasteiger partial charge in [0.15, 0.2) is 15.8 Å². The van der Waals surface area contributed by atoms with Crippen molar-refractivity contribution in [2.75, 3.05) is 6.26 Å². The minimum Gasteiger partial charge on any atom is -0.370 e. The fraction of sp³-hybridized carbons (Fsp3) is 0.200. The maximum atomic E-state index is 11.7. The molecule has 0 aliphatic carbocycles. The molecule has 1 aromatic carbocycles. The largest absolute Gasteiger partial charge is 0.370 e. The zero-order chi connectivity index (χ0) is 15.7. The number of sulfone groups is 1. The molecule has 0 heterocycles. The highest BCUT2D eigenvalue weighted by molar-refractivity contribution is 7.90. The van der Waals surface area contributed by atoms with Gasteiger partial charge in [0.2, 0.25) is 0 Å². The van der Waals surface area contributed by atoms with Gasteiger partial charge in [0.25, 0.3) is 11.6 Å². The van der Waals surface area contributed by atoms with E-state index < -0.39 is 37.2 Å². The van der Waals surface area contributed by atoms with Crippen LogP contribution < -0.4 is 11.5 Å². The van der Waals surface area contributed by atoms with E-state index in [1.165, 1.54) is 6.92 Å². The Bertz CT molecular complexity index is 725. The Morgan fingerprint density at radius 3 is 2.24 bits per heavy atom. The Labute approximate surface area is 126 Å². The van der Waals surface area contributed by atoms with E-state index in [-0.39, 0.29) is 23.5 Å². The Balaban J connectivity index is 0.00000400. The summed E-state index contributed by atoms with van der Waals surface area (Å²) in [7, 11) is -3.80. The summed E-state index contributed by atoms with van der Waals surface area (Å²) in [4.78, 5) is 24.5. The first-order valence-corrected chi connectivity index (χ1v) is 7.06. The minimum atomic E-state index is -3.80. The summed E-state index contributed by atoms with van der Waals surface area (Å²) >= 11 is 0. The number of nitro benzene ring substituents is 1. The van der Waals surface area contributed by atoms with Crippen molar-refractivity contribution in [3.63, 3.8) is 0 Å². The highest BCUT2D eigenvalue weighted by atomic mass is 35.5. The molecule has 0 saturated heterocycles. The lowest BCUT2D eigenvalue weighted by Gasteiger charge is -2.06. The third-order valence-corrected chi connectivity index (χ3v) is 3.49. The number of aliphatic imine (C=N–C) groups is 1. The molecule has 0 aliphatic heterocycles. The predicted molar refractivity (Wildman–Crippen MR) is 78.3 cm³/mol. The third-order valence-electron chi connectivity index (χ3n) is 2.36. The Morgan fingerprint density at radius 1 is 1.33 bits per heavy atom. The van der Waals surface area contributed by atoms with Crippen LogP contribution in [0.25, 0.3) is 0 Å². The number of benzene rings is 1. The lowest BCUT2D eigenvalue weighted by Crippen LogP contribution is -2.24. The van der Waals surface area contributed by atoms with Gasteiger partial charge >= 0.3 is 0 Å². The van der Waals surface area contributed by atoms with Gasteiger partial charge in [-0.2, -0.15) is 4.99 Å². The number of rotatable bonds is 3. The second-order valence-electron chi connectivity index (χ2n) is 4.01. The van der Waals surface area contributed by atoms with Crippen LogP contribution in [-0.2, 0) is 9.84 Å². The monoisotopic (exact) mass is 336 g/mol. The van der Waals surface area contributed by atoms with Crippen molar-refractivity contribution < 1.29 is 18.1 Å². The Hall–Kier alpha value is -2.20. The first-order chi connectivity index (χ1) is 9.04. The summed E-state index contributed by atoms with van der Waals surface area (Å²) in [6, 6.07) is 1.89. The van der Waals surface area contributed by atoms with Crippen LogP contribution in [0.5, 0.6) is 0 Å². The van der Waals surface area contributed by atoms with Crippen molar-refractivity contribution in [3.05, 3.63) is 33.4 Å². The average molecular weight is 337 g/mol. The zero-order valence-corrected chi connectivity index (χ0v) is 12.7. The van der Waals surface area contributed by atoms with Crippen LogP contribution in [0.2, 0.25) is 0 Å². The molecule has 9 nitrogen and oxygen atoms in total. The fourth-order valence-electron chi connectivity index (χ4n) is 1.52. The summed E-state index contributed by atoms with van der Waals surface area (Å²) in [6.07, 6.45) is 0.840. The molecule has 0 fully saturated rings. The highest BCUT2D eigenvalue weighted by Gasteiger charge is 2.25. The van der Waals surface area contributed by atoms with E-state index in [2.05, 4.69) is 4.99 Å². The summed E-state index contributed by atoms with van der Waals surface area (Å²) in [5.41, 5.74) is 9.48. The fourth-order valence-corrected chi connectivity index (χ4v) is 2.42. The number of hydrogen-bond acceptors (Lipinski definition) is 5. The molecule has 0 unspecified atom stereocenters. The minimum absolute atomic E-state index is 0. The van der Waals surface area contributed by atoms with Crippen molar-refractivity contribution in [3.8, 4) is 0 Å². The van der Waals surface area contributed by atoms with Gasteiger partial charge < -0.3 is 11.5 Å². The standard InChI is InChI=1S/C10H12N4O5S.ClH/c1-5-3-8(20(2,18)19)7(14(16)17)4-6(5)9(15)13-10(11)12;/h3-4H,1-2H3,(H4,11,12,13,15);1H. The molecule has 1 aromatic rings. The first kappa shape index (κ1) is 18.8. The molecule has 0 bridgehead atoms. The van der Waals surface area contributed by atoms with Crippen molar-refractivity contribution >= 4 is 39.8 Å². The van der Waals surface area contributed by atoms with Crippen LogP contribution in [-0.4, -0.2) is 31.5 Å². The van der Waals surface area contributed by atoms with E-state index in [0.29, 0.717) is 0 Å². The van der Waals surface area contributed by atoms with Gasteiger partial charge in [0, 0.05) is 12.3 Å². The van der Waals surface area contributed by atoms with Gasteiger partial charge in [0.05, 0.1) is 10.5 Å². The normalized spacial score (nSPS) is 10.4. The average Bonchev–Trinajstić information content (AvgIpc) is 2.25. The van der Waals surface area contributed by atoms with E-state index >= 15 is 0 Å². The van der Waals surface area contributed by atoms with Gasteiger partial charge in [-0.25, -0.2) is 8.42 Å². The summed E-state index contributed by atoms with van der Waals surface area (Å²) in [5.74, 6) is -1.38. The number of nitrogens with zero attached hydrogens (tertiary/aromatic N) is 2. The Morgan fingerprint density at radius 2 is 1.86 bits per heavy atom. The molecule has 4 N–H and O–H groups in total. The van der Waals surface area contributed by atoms with Crippen LogP contribution in [0, 0.1) is 17.0 Å². The molecule has 0 spiro atoms. The molecular formula is C10H13ClN4O5S. The quantitative estimate of drug-likeness (QED) is 0.343. The number of amides is 1. The summed E-state index contributed by atoms with van der Waals surface area (Å²) < 4.78 is 23.0. The second kappa shape index (κ2) is 6.50. The lowest BCUT2D eigenvalue weighted by molar-refractivity contribution is -0.387. The van der Waals surface area contributed by atoms with Crippen LogP contribution >= 0.6 is 12.4 Å².